The highest BCUT2D eigenvalue weighted by Crippen LogP contribution is 2.37. The Hall–Kier alpha value is -3.08. The van der Waals surface area contributed by atoms with Gasteiger partial charge in [0.05, 0.1) is 24.6 Å². The Morgan fingerprint density at radius 2 is 1.85 bits per heavy atom. The number of aromatic nitrogens is 2. The first-order chi connectivity index (χ1) is 13.2. The molecule has 1 unspecified atom stereocenters. The zero-order chi connectivity index (χ0) is 18.8. The molecule has 1 atom stereocenters. The smallest absolute Gasteiger partial charge is 0.272 e. The maximum absolute atomic E-state index is 13.0. The first kappa shape index (κ1) is 17.3. The number of fused-ring (bicyclic) bond motifs is 1. The van der Waals surface area contributed by atoms with Gasteiger partial charge in [0, 0.05) is 26.1 Å². The minimum absolute atomic E-state index is 0.0221. The summed E-state index contributed by atoms with van der Waals surface area (Å²) < 4.78 is 6.70. The van der Waals surface area contributed by atoms with E-state index < -0.39 is 0 Å². The van der Waals surface area contributed by atoms with Crippen LogP contribution in [0, 0.1) is 0 Å². The van der Waals surface area contributed by atoms with Gasteiger partial charge in [-0.15, -0.1) is 0 Å². The Morgan fingerprint density at radius 3 is 2.56 bits per heavy atom. The van der Waals surface area contributed by atoms with Crippen molar-refractivity contribution in [1.29, 1.82) is 0 Å². The standard InChI is InChI=1S/C22H23N3O2/c1-24-22(26)21-19(17-8-10-18(27-2)11-9-17)12-13-25(20(21)14-23-24)15-16-6-4-3-5-7-16/h3-11,14,19H,12-13,15H2,1-2H3. The Labute approximate surface area is 158 Å². The summed E-state index contributed by atoms with van der Waals surface area (Å²) in [5.74, 6) is 0.891. The van der Waals surface area contributed by atoms with E-state index in [1.807, 2.05) is 36.5 Å². The molecule has 0 saturated heterocycles. The second kappa shape index (κ2) is 7.27. The molecule has 0 bridgehead atoms. The third-order valence-electron chi connectivity index (χ3n) is 5.26. The Bertz CT molecular complexity index is 981. The summed E-state index contributed by atoms with van der Waals surface area (Å²) in [6.45, 7) is 1.66. The van der Waals surface area contributed by atoms with Crippen molar-refractivity contribution in [3.63, 3.8) is 0 Å². The minimum Gasteiger partial charge on any atom is -0.497 e. The summed E-state index contributed by atoms with van der Waals surface area (Å²) in [6.07, 6.45) is 2.72. The van der Waals surface area contributed by atoms with Gasteiger partial charge in [-0.3, -0.25) is 4.79 Å². The fourth-order valence-electron chi connectivity index (χ4n) is 3.81. The molecule has 0 aliphatic carbocycles. The number of anilines is 1. The molecule has 0 amide bonds. The van der Waals surface area contributed by atoms with Gasteiger partial charge in [0.2, 0.25) is 0 Å². The highest BCUT2D eigenvalue weighted by Gasteiger charge is 2.30. The van der Waals surface area contributed by atoms with Crippen LogP contribution in [-0.2, 0) is 13.6 Å². The van der Waals surface area contributed by atoms with Crippen LogP contribution in [0.25, 0.3) is 0 Å². The molecule has 2 aromatic carbocycles. The highest BCUT2D eigenvalue weighted by atomic mass is 16.5. The molecule has 0 spiro atoms. The first-order valence-corrected chi connectivity index (χ1v) is 9.16. The average Bonchev–Trinajstić information content (AvgIpc) is 2.72. The van der Waals surface area contributed by atoms with Crippen LogP contribution in [0.3, 0.4) is 0 Å². The van der Waals surface area contributed by atoms with E-state index in [0.29, 0.717) is 0 Å². The van der Waals surface area contributed by atoms with Gasteiger partial charge < -0.3 is 9.64 Å². The van der Waals surface area contributed by atoms with Gasteiger partial charge in [0.15, 0.2) is 0 Å². The maximum Gasteiger partial charge on any atom is 0.272 e. The summed E-state index contributed by atoms with van der Waals surface area (Å²) >= 11 is 0. The van der Waals surface area contributed by atoms with Crippen molar-refractivity contribution in [3.8, 4) is 5.75 Å². The van der Waals surface area contributed by atoms with E-state index in [0.717, 1.165) is 42.1 Å². The highest BCUT2D eigenvalue weighted by molar-refractivity contribution is 5.57. The largest absolute Gasteiger partial charge is 0.497 e. The molecular weight excluding hydrogens is 338 g/mol. The van der Waals surface area contributed by atoms with Crippen LogP contribution in [-0.4, -0.2) is 23.4 Å². The lowest BCUT2D eigenvalue weighted by Gasteiger charge is -2.35. The summed E-state index contributed by atoms with van der Waals surface area (Å²) in [6, 6.07) is 18.4. The van der Waals surface area contributed by atoms with Gasteiger partial charge in [0.1, 0.15) is 5.75 Å². The number of hydrogen-bond acceptors (Lipinski definition) is 4. The number of ether oxygens (including phenoxy) is 1. The van der Waals surface area contributed by atoms with Crippen LogP contribution in [0.2, 0.25) is 0 Å². The minimum atomic E-state index is -0.0221. The van der Waals surface area contributed by atoms with E-state index in [2.05, 4.69) is 34.3 Å². The van der Waals surface area contributed by atoms with Gasteiger partial charge in [0.25, 0.3) is 5.56 Å². The molecule has 1 aromatic heterocycles. The van der Waals surface area contributed by atoms with E-state index >= 15 is 0 Å². The SMILES string of the molecule is COc1ccc(C2CCN(Cc3ccccc3)c3cnn(C)c(=O)c32)cc1. The lowest BCUT2D eigenvalue weighted by Crippen LogP contribution is -2.37. The molecular formula is C22H23N3O2. The van der Waals surface area contributed by atoms with Crippen LogP contribution in [0.1, 0.15) is 29.0 Å². The molecule has 138 valence electrons. The number of methoxy groups -OCH3 is 1. The van der Waals surface area contributed by atoms with Gasteiger partial charge >= 0.3 is 0 Å². The van der Waals surface area contributed by atoms with Crippen molar-refractivity contribution >= 4 is 5.69 Å². The Morgan fingerprint density at radius 1 is 1.11 bits per heavy atom. The van der Waals surface area contributed by atoms with Crippen LogP contribution < -0.4 is 15.2 Å². The molecule has 5 heteroatoms. The molecule has 27 heavy (non-hydrogen) atoms. The molecule has 0 fully saturated rings. The van der Waals surface area contributed by atoms with Crippen molar-refractivity contribution in [1.82, 2.24) is 9.78 Å². The molecule has 5 nitrogen and oxygen atoms in total. The second-order valence-corrected chi connectivity index (χ2v) is 6.89. The van der Waals surface area contributed by atoms with E-state index in [-0.39, 0.29) is 11.5 Å². The molecule has 0 saturated carbocycles. The number of aryl methyl sites for hydroxylation is 1. The number of rotatable bonds is 4. The van der Waals surface area contributed by atoms with Gasteiger partial charge in [-0.25, -0.2) is 4.68 Å². The summed E-state index contributed by atoms with van der Waals surface area (Å²) in [7, 11) is 3.37. The van der Waals surface area contributed by atoms with Crippen LogP contribution in [0.15, 0.2) is 65.6 Å². The predicted octanol–water partition coefficient (Wildman–Crippen LogP) is 3.33. The fraction of sp³-hybridized carbons (Fsp3) is 0.273. The summed E-state index contributed by atoms with van der Waals surface area (Å²) in [5.41, 5.74) is 4.12. The molecule has 4 rings (SSSR count). The number of benzene rings is 2. The first-order valence-electron chi connectivity index (χ1n) is 9.16. The van der Waals surface area contributed by atoms with Crippen molar-refractivity contribution < 1.29 is 4.74 Å². The van der Waals surface area contributed by atoms with Crippen molar-refractivity contribution in [3.05, 3.63) is 87.8 Å². The van der Waals surface area contributed by atoms with Gasteiger partial charge in [-0.05, 0) is 29.7 Å². The normalized spacial score (nSPS) is 16.1. The zero-order valence-corrected chi connectivity index (χ0v) is 15.6. The van der Waals surface area contributed by atoms with E-state index in [1.165, 1.54) is 10.2 Å². The molecule has 2 heterocycles. The topological polar surface area (TPSA) is 47.4 Å². The van der Waals surface area contributed by atoms with Crippen LogP contribution in [0.4, 0.5) is 5.69 Å². The van der Waals surface area contributed by atoms with Crippen molar-refractivity contribution in [2.75, 3.05) is 18.6 Å². The van der Waals surface area contributed by atoms with E-state index in [4.69, 9.17) is 4.74 Å². The Balaban J connectivity index is 1.74. The van der Waals surface area contributed by atoms with Crippen LogP contribution in [0.5, 0.6) is 5.75 Å². The summed E-state index contributed by atoms with van der Waals surface area (Å²) in [5, 5.41) is 4.28. The van der Waals surface area contributed by atoms with Crippen molar-refractivity contribution in [2.45, 2.75) is 18.9 Å². The quantitative estimate of drug-likeness (QED) is 0.715. The molecule has 1 aliphatic heterocycles. The zero-order valence-electron chi connectivity index (χ0n) is 15.6. The molecule has 3 aromatic rings. The van der Waals surface area contributed by atoms with E-state index in [9.17, 15) is 4.79 Å². The van der Waals surface area contributed by atoms with Crippen LogP contribution >= 0.6 is 0 Å². The third-order valence-corrected chi connectivity index (χ3v) is 5.26. The number of hydrogen-bond donors (Lipinski definition) is 0. The van der Waals surface area contributed by atoms with Crippen molar-refractivity contribution in [2.24, 2.45) is 7.05 Å². The predicted molar refractivity (Wildman–Crippen MR) is 106 cm³/mol. The monoisotopic (exact) mass is 361 g/mol. The maximum atomic E-state index is 13.0. The molecule has 0 radical (unpaired) electrons. The Kier molecular flexibility index (Phi) is 4.67. The fourth-order valence-corrected chi connectivity index (χ4v) is 3.81. The second-order valence-electron chi connectivity index (χ2n) is 6.89. The number of nitrogens with zero attached hydrogens (tertiary/aromatic N) is 3. The van der Waals surface area contributed by atoms with E-state index in [1.54, 1.807) is 14.2 Å². The lowest BCUT2D eigenvalue weighted by atomic mass is 9.85. The average molecular weight is 361 g/mol. The molecule has 1 aliphatic rings. The third kappa shape index (κ3) is 3.33. The van der Waals surface area contributed by atoms with Gasteiger partial charge in [-0.2, -0.15) is 5.10 Å². The lowest BCUT2D eigenvalue weighted by molar-refractivity contribution is 0.414. The summed E-state index contributed by atoms with van der Waals surface area (Å²) in [4.78, 5) is 15.2. The van der Waals surface area contributed by atoms with Gasteiger partial charge in [-0.1, -0.05) is 42.5 Å². The molecule has 0 N–H and O–H groups in total.